The van der Waals surface area contributed by atoms with Gasteiger partial charge in [-0.25, -0.2) is 4.79 Å². The Bertz CT molecular complexity index is 472. The van der Waals surface area contributed by atoms with Crippen LogP contribution in [-0.2, 0) is 20.7 Å². The second-order valence-electron chi connectivity index (χ2n) is 3.90. The first-order chi connectivity index (χ1) is 8.95. The molecule has 2 N–H and O–H groups in total. The molecule has 0 bridgehead atoms. The van der Waals surface area contributed by atoms with E-state index in [0.29, 0.717) is 22.2 Å². The first-order valence-electron chi connectivity index (χ1n) is 5.80. The third kappa shape index (κ3) is 4.79. The third-order valence-electron chi connectivity index (χ3n) is 2.52. The van der Waals surface area contributed by atoms with Gasteiger partial charge >= 0.3 is 11.9 Å². The third-order valence-corrected chi connectivity index (χ3v) is 3.45. The number of carbonyl (C=O) groups excluding carboxylic acids is 1. The lowest BCUT2D eigenvalue weighted by Gasteiger charge is -2.10. The van der Waals surface area contributed by atoms with Gasteiger partial charge in [0.25, 0.3) is 0 Å². The highest BCUT2D eigenvalue weighted by molar-refractivity contribution is 14.1. The van der Waals surface area contributed by atoms with Crippen molar-refractivity contribution in [3.8, 4) is 0 Å². The average Bonchev–Trinajstić information content (AvgIpc) is 2.36. The highest BCUT2D eigenvalue weighted by Crippen LogP contribution is 2.22. The monoisotopic (exact) mass is 378 g/mol. The minimum Gasteiger partial charge on any atom is -0.479 e. The van der Waals surface area contributed by atoms with Gasteiger partial charge in [0.1, 0.15) is 0 Å². The van der Waals surface area contributed by atoms with E-state index in [1.807, 2.05) is 22.6 Å². The van der Waals surface area contributed by atoms with Gasteiger partial charge in [0, 0.05) is 15.6 Å². The maximum atomic E-state index is 11.2. The molecule has 1 rings (SSSR count). The summed E-state index contributed by atoms with van der Waals surface area (Å²) in [5, 5.41) is 18.2. The molecule has 0 heterocycles. The number of carbonyl (C=O) groups is 2. The molecule has 19 heavy (non-hydrogen) atoms. The quantitative estimate of drug-likeness (QED) is 0.584. The number of hydrogen-bond acceptors (Lipinski definition) is 4. The highest BCUT2D eigenvalue weighted by Gasteiger charge is 2.18. The van der Waals surface area contributed by atoms with Gasteiger partial charge in [0.2, 0.25) is 0 Å². The van der Waals surface area contributed by atoms with Crippen molar-refractivity contribution in [3.63, 3.8) is 0 Å². The molecule has 0 fully saturated rings. The normalized spacial score (nSPS) is 11.9. The number of aliphatic hydroxyl groups is 1. The zero-order valence-corrected chi connectivity index (χ0v) is 12.6. The van der Waals surface area contributed by atoms with Crippen LogP contribution < -0.4 is 0 Å². The number of aliphatic hydroxyl groups excluding tert-OH is 1. The molecule has 0 spiro atoms. The van der Waals surface area contributed by atoms with Crippen LogP contribution in [0.4, 0.5) is 0 Å². The lowest BCUT2D eigenvalue weighted by molar-refractivity contribution is -0.147. The van der Waals surface area contributed by atoms with Crippen LogP contribution in [0.2, 0.25) is 0 Å². The predicted octanol–water partition coefficient (Wildman–Crippen LogP) is 1.90. The summed E-state index contributed by atoms with van der Waals surface area (Å²) >= 11 is 1.97. The Hall–Kier alpha value is -1.15. The Labute approximate surface area is 124 Å². The molecule has 0 aromatic heterocycles. The number of esters is 1. The summed E-state index contributed by atoms with van der Waals surface area (Å²) in [6.45, 7) is 2.11. The van der Waals surface area contributed by atoms with Crippen LogP contribution in [-0.4, -0.2) is 28.8 Å². The summed E-state index contributed by atoms with van der Waals surface area (Å²) in [6, 6.07) is 5.05. The number of halogens is 1. The van der Waals surface area contributed by atoms with Crippen LogP contribution in [0.5, 0.6) is 0 Å². The molecular weight excluding hydrogens is 363 g/mol. The highest BCUT2D eigenvalue weighted by atomic mass is 127. The number of aryl methyl sites for hydroxylation is 1. The summed E-state index contributed by atoms with van der Waals surface area (Å²) in [5.74, 6) is -1.54. The average molecular weight is 378 g/mol. The number of benzene rings is 1. The molecule has 0 saturated heterocycles. The van der Waals surface area contributed by atoms with Gasteiger partial charge in [-0.15, -0.1) is 0 Å². The molecule has 104 valence electrons. The van der Waals surface area contributed by atoms with E-state index < -0.39 is 12.1 Å². The van der Waals surface area contributed by atoms with Crippen molar-refractivity contribution in [2.45, 2.75) is 25.9 Å². The number of carboxylic acid groups (broad SMARTS) is 1. The Balaban J connectivity index is 2.72. The molecule has 0 aliphatic carbocycles. The van der Waals surface area contributed by atoms with Gasteiger partial charge in [-0.2, -0.15) is 0 Å². The van der Waals surface area contributed by atoms with Crippen molar-refractivity contribution in [2.24, 2.45) is 0 Å². The molecule has 6 heteroatoms. The molecular formula is C13H15IO5. The fourth-order valence-electron chi connectivity index (χ4n) is 1.56. The van der Waals surface area contributed by atoms with Crippen LogP contribution in [0.15, 0.2) is 18.2 Å². The summed E-state index contributed by atoms with van der Waals surface area (Å²) < 4.78 is 5.49. The SMILES string of the molecule is CCOC(=O)CCc1ccc(C(O)C(=O)O)c(I)c1. The van der Waals surface area contributed by atoms with E-state index in [1.165, 1.54) is 0 Å². The molecule has 1 aromatic rings. The lowest BCUT2D eigenvalue weighted by atomic mass is 10.0. The number of aliphatic carboxylic acids is 1. The maximum absolute atomic E-state index is 11.2. The molecule has 1 unspecified atom stereocenters. The van der Waals surface area contributed by atoms with E-state index in [-0.39, 0.29) is 12.4 Å². The van der Waals surface area contributed by atoms with Crippen molar-refractivity contribution < 1.29 is 24.5 Å². The minimum atomic E-state index is -1.52. The first kappa shape index (κ1) is 15.9. The van der Waals surface area contributed by atoms with Gasteiger partial charge in [-0.1, -0.05) is 12.1 Å². The van der Waals surface area contributed by atoms with Crippen LogP contribution in [0.25, 0.3) is 0 Å². The van der Waals surface area contributed by atoms with E-state index in [0.717, 1.165) is 5.56 Å². The molecule has 0 amide bonds. The second-order valence-corrected chi connectivity index (χ2v) is 5.06. The van der Waals surface area contributed by atoms with Crippen LogP contribution >= 0.6 is 22.6 Å². The summed E-state index contributed by atoms with van der Waals surface area (Å²) in [6.07, 6.45) is -0.714. The fourth-order valence-corrected chi connectivity index (χ4v) is 2.44. The number of carboxylic acids is 1. The van der Waals surface area contributed by atoms with E-state index in [9.17, 15) is 14.7 Å². The fraction of sp³-hybridized carbons (Fsp3) is 0.385. The van der Waals surface area contributed by atoms with Crippen LogP contribution in [0, 0.1) is 3.57 Å². The topological polar surface area (TPSA) is 83.8 Å². The second kappa shape index (κ2) is 7.44. The number of hydrogen-bond donors (Lipinski definition) is 2. The van der Waals surface area contributed by atoms with Crippen molar-refractivity contribution in [2.75, 3.05) is 6.61 Å². The van der Waals surface area contributed by atoms with E-state index in [2.05, 4.69) is 0 Å². The van der Waals surface area contributed by atoms with E-state index >= 15 is 0 Å². The zero-order chi connectivity index (χ0) is 14.4. The van der Waals surface area contributed by atoms with E-state index in [4.69, 9.17) is 9.84 Å². The van der Waals surface area contributed by atoms with Crippen LogP contribution in [0.1, 0.15) is 30.6 Å². The molecule has 0 aliphatic heterocycles. The maximum Gasteiger partial charge on any atom is 0.337 e. The van der Waals surface area contributed by atoms with Crippen molar-refractivity contribution in [1.82, 2.24) is 0 Å². The molecule has 1 aromatic carbocycles. The number of rotatable bonds is 6. The summed E-state index contributed by atoms with van der Waals surface area (Å²) in [5.41, 5.74) is 1.26. The largest absolute Gasteiger partial charge is 0.479 e. The first-order valence-corrected chi connectivity index (χ1v) is 6.88. The smallest absolute Gasteiger partial charge is 0.337 e. The predicted molar refractivity (Wildman–Crippen MR) is 76.7 cm³/mol. The standard InChI is InChI=1S/C13H15IO5/c1-2-19-11(15)6-4-8-3-5-9(10(14)7-8)12(16)13(17)18/h3,5,7,12,16H,2,4,6H2,1H3,(H,17,18). The Kier molecular flexibility index (Phi) is 6.23. The van der Waals surface area contributed by atoms with Gasteiger partial charge in [-0.3, -0.25) is 4.79 Å². The van der Waals surface area contributed by atoms with Crippen LogP contribution in [0.3, 0.4) is 0 Å². The summed E-state index contributed by atoms with van der Waals surface area (Å²) in [4.78, 5) is 21.9. The Morgan fingerprint density at radius 1 is 1.42 bits per heavy atom. The zero-order valence-electron chi connectivity index (χ0n) is 10.4. The lowest BCUT2D eigenvalue weighted by Crippen LogP contribution is -2.12. The molecule has 5 nitrogen and oxygen atoms in total. The van der Waals surface area contributed by atoms with Gasteiger partial charge in [-0.05, 0) is 47.6 Å². The van der Waals surface area contributed by atoms with Crippen molar-refractivity contribution in [1.29, 1.82) is 0 Å². The van der Waals surface area contributed by atoms with Crippen molar-refractivity contribution in [3.05, 3.63) is 32.9 Å². The van der Waals surface area contributed by atoms with E-state index in [1.54, 1.807) is 25.1 Å². The number of ether oxygens (including phenoxy) is 1. The van der Waals surface area contributed by atoms with Crippen molar-refractivity contribution >= 4 is 34.5 Å². The Morgan fingerprint density at radius 2 is 2.11 bits per heavy atom. The molecule has 0 radical (unpaired) electrons. The van der Waals surface area contributed by atoms with Gasteiger partial charge in [0.15, 0.2) is 6.10 Å². The minimum absolute atomic E-state index is 0.257. The van der Waals surface area contributed by atoms with Gasteiger partial charge in [0.05, 0.1) is 6.61 Å². The molecule has 0 saturated carbocycles. The Morgan fingerprint density at radius 3 is 2.63 bits per heavy atom. The molecule has 1 atom stereocenters. The molecule has 0 aliphatic rings. The van der Waals surface area contributed by atoms with Gasteiger partial charge < -0.3 is 14.9 Å². The summed E-state index contributed by atoms with van der Waals surface area (Å²) in [7, 11) is 0.